The second-order valence-electron chi connectivity index (χ2n) is 4.86. The molecule has 5 heteroatoms. The first kappa shape index (κ1) is 14.7. The Morgan fingerprint density at radius 1 is 1.13 bits per heavy atom. The van der Waals surface area contributed by atoms with Crippen molar-refractivity contribution in [3.8, 4) is 5.69 Å². The maximum Gasteiger partial charge on any atom is 0.337 e. The molecule has 0 N–H and O–H groups in total. The van der Waals surface area contributed by atoms with Crippen LogP contribution in [0, 0.1) is 0 Å². The summed E-state index contributed by atoms with van der Waals surface area (Å²) in [5, 5.41) is 0. The van der Waals surface area contributed by atoms with E-state index in [0.717, 1.165) is 16.9 Å². The standard InChI is InChI=1S/C18H15N3O2/c1-23-18(22)15-4-2-14(3-5-15)12-20-16-6-8-17(9-7-16)21-11-10-19-13-21/h2-13H,1H3/b20-12+. The quantitative estimate of drug-likeness (QED) is 0.548. The molecule has 2 aromatic carbocycles. The van der Waals surface area contributed by atoms with Crippen molar-refractivity contribution in [3.05, 3.63) is 78.4 Å². The molecule has 3 rings (SSSR count). The van der Waals surface area contributed by atoms with Gasteiger partial charge in [0.1, 0.15) is 0 Å². The van der Waals surface area contributed by atoms with Gasteiger partial charge in [-0.2, -0.15) is 0 Å². The number of nitrogens with zero attached hydrogens (tertiary/aromatic N) is 3. The molecule has 0 saturated carbocycles. The third-order valence-corrected chi connectivity index (χ3v) is 3.35. The minimum atomic E-state index is -0.344. The summed E-state index contributed by atoms with van der Waals surface area (Å²) in [6.07, 6.45) is 7.14. The SMILES string of the molecule is COC(=O)c1ccc(/C=N/c2ccc(-n3ccnc3)cc2)cc1. The van der Waals surface area contributed by atoms with Crippen molar-refractivity contribution in [1.82, 2.24) is 9.55 Å². The fraction of sp³-hybridized carbons (Fsp3) is 0.0556. The Labute approximate surface area is 133 Å². The molecule has 0 amide bonds. The molecule has 0 radical (unpaired) electrons. The Kier molecular flexibility index (Phi) is 4.29. The summed E-state index contributed by atoms with van der Waals surface area (Å²) in [6, 6.07) is 14.9. The average Bonchev–Trinajstić information content (AvgIpc) is 3.15. The first-order valence-electron chi connectivity index (χ1n) is 7.07. The second-order valence-corrected chi connectivity index (χ2v) is 4.86. The van der Waals surface area contributed by atoms with Gasteiger partial charge in [0.05, 0.1) is 24.7 Å². The number of aliphatic imine (C=N–C) groups is 1. The van der Waals surface area contributed by atoms with E-state index in [-0.39, 0.29) is 5.97 Å². The zero-order valence-electron chi connectivity index (χ0n) is 12.6. The van der Waals surface area contributed by atoms with Gasteiger partial charge in [-0.1, -0.05) is 12.1 Å². The minimum Gasteiger partial charge on any atom is -0.465 e. The molecular formula is C18H15N3O2. The van der Waals surface area contributed by atoms with Crippen molar-refractivity contribution in [2.24, 2.45) is 4.99 Å². The average molecular weight is 305 g/mol. The Bertz CT molecular complexity index is 804. The molecule has 0 aliphatic rings. The molecular weight excluding hydrogens is 290 g/mol. The van der Waals surface area contributed by atoms with E-state index in [2.05, 4.69) is 14.7 Å². The third-order valence-electron chi connectivity index (χ3n) is 3.35. The van der Waals surface area contributed by atoms with Gasteiger partial charge in [-0.3, -0.25) is 4.99 Å². The lowest BCUT2D eigenvalue weighted by Crippen LogP contribution is -2.00. The van der Waals surface area contributed by atoms with Gasteiger partial charge in [0, 0.05) is 24.3 Å². The van der Waals surface area contributed by atoms with Gasteiger partial charge in [-0.25, -0.2) is 9.78 Å². The Balaban J connectivity index is 1.71. The summed E-state index contributed by atoms with van der Waals surface area (Å²) < 4.78 is 6.60. The minimum absolute atomic E-state index is 0.344. The number of carbonyl (C=O) groups is 1. The predicted molar refractivity (Wildman–Crippen MR) is 88.6 cm³/mol. The van der Waals surface area contributed by atoms with Crippen molar-refractivity contribution in [2.75, 3.05) is 7.11 Å². The molecule has 1 aromatic heterocycles. The molecule has 0 atom stereocenters. The summed E-state index contributed by atoms with van der Waals surface area (Å²) in [7, 11) is 1.37. The highest BCUT2D eigenvalue weighted by atomic mass is 16.5. The van der Waals surface area contributed by atoms with Crippen molar-refractivity contribution in [1.29, 1.82) is 0 Å². The lowest BCUT2D eigenvalue weighted by atomic mass is 10.1. The van der Waals surface area contributed by atoms with E-state index >= 15 is 0 Å². The van der Waals surface area contributed by atoms with Crippen molar-refractivity contribution in [3.63, 3.8) is 0 Å². The number of hydrogen-bond acceptors (Lipinski definition) is 4. The monoisotopic (exact) mass is 305 g/mol. The first-order valence-corrected chi connectivity index (χ1v) is 7.07. The molecule has 3 aromatic rings. The van der Waals surface area contributed by atoms with E-state index in [4.69, 9.17) is 0 Å². The third kappa shape index (κ3) is 3.52. The lowest BCUT2D eigenvalue weighted by Gasteiger charge is -2.02. The normalized spacial score (nSPS) is 10.8. The smallest absolute Gasteiger partial charge is 0.337 e. The first-order chi connectivity index (χ1) is 11.3. The van der Waals surface area contributed by atoms with Crippen molar-refractivity contribution in [2.45, 2.75) is 0 Å². The highest BCUT2D eigenvalue weighted by molar-refractivity contribution is 5.90. The molecule has 0 bridgehead atoms. The van der Waals surface area contributed by atoms with E-state index in [9.17, 15) is 4.79 Å². The fourth-order valence-corrected chi connectivity index (χ4v) is 2.09. The number of carbonyl (C=O) groups excluding carboxylic acids is 1. The van der Waals surface area contributed by atoms with E-state index in [1.807, 2.05) is 47.2 Å². The van der Waals surface area contributed by atoms with Gasteiger partial charge in [-0.05, 0) is 42.0 Å². The highest BCUT2D eigenvalue weighted by Crippen LogP contribution is 2.16. The van der Waals surface area contributed by atoms with Crippen LogP contribution in [0.25, 0.3) is 5.69 Å². The van der Waals surface area contributed by atoms with Gasteiger partial charge in [-0.15, -0.1) is 0 Å². The Morgan fingerprint density at radius 3 is 2.48 bits per heavy atom. The van der Waals surface area contributed by atoms with Gasteiger partial charge in [0.15, 0.2) is 0 Å². The highest BCUT2D eigenvalue weighted by Gasteiger charge is 2.03. The van der Waals surface area contributed by atoms with Crippen LogP contribution in [0.15, 0.2) is 72.2 Å². The van der Waals surface area contributed by atoms with Crippen LogP contribution in [-0.2, 0) is 4.74 Å². The molecule has 5 nitrogen and oxygen atoms in total. The number of aromatic nitrogens is 2. The van der Waals surface area contributed by atoms with Crippen LogP contribution >= 0.6 is 0 Å². The Morgan fingerprint density at radius 2 is 1.87 bits per heavy atom. The van der Waals surface area contributed by atoms with E-state index in [1.54, 1.807) is 30.9 Å². The zero-order chi connectivity index (χ0) is 16.1. The van der Waals surface area contributed by atoms with Crippen molar-refractivity contribution < 1.29 is 9.53 Å². The zero-order valence-corrected chi connectivity index (χ0v) is 12.6. The van der Waals surface area contributed by atoms with Crippen LogP contribution in [-0.4, -0.2) is 28.8 Å². The summed E-state index contributed by atoms with van der Waals surface area (Å²) in [5.41, 5.74) is 3.32. The molecule has 0 aliphatic heterocycles. The maximum absolute atomic E-state index is 11.4. The second kappa shape index (κ2) is 6.70. The van der Waals surface area contributed by atoms with Crippen LogP contribution in [0.1, 0.15) is 15.9 Å². The molecule has 23 heavy (non-hydrogen) atoms. The largest absolute Gasteiger partial charge is 0.465 e. The van der Waals surface area contributed by atoms with Gasteiger partial charge < -0.3 is 9.30 Å². The fourth-order valence-electron chi connectivity index (χ4n) is 2.09. The number of esters is 1. The van der Waals surface area contributed by atoms with Crippen LogP contribution < -0.4 is 0 Å². The number of imidazole rings is 1. The summed E-state index contributed by atoms with van der Waals surface area (Å²) in [6.45, 7) is 0. The molecule has 0 saturated heterocycles. The van der Waals surface area contributed by atoms with E-state index in [1.165, 1.54) is 7.11 Å². The van der Waals surface area contributed by atoms with E-state index in [0.29, 0.717) is 5.56 Å². The van der Waals surface area contributed by atoms with Crippen LogP contribution in [0.3, 0.4) is 0 Å². The van der Waals surface area contributed by atoms with Gasteiger partial charge in [0.2, 0.25) is 0 Å². The summed E-state index contributed by atoms with van der Waals surface area (Å²) in [4.78, 5) is 19.8. The summed E-state index contributed by atoms with van der Waals surface area (Å²) >= 11 is 0. The number of methoxy groups -OCH3 is 1. The topological polar surface area (TPSA) is 56.5 Å². The number of benzene rings is 2. The predicted octanol–water partition coefficient (Wildman–Crippen LogP) is 3.41. The van der Waals surface area contributed by atoms with Crippen LogP contribution in [0.2, 0.25) is 0 Å². The van der Waals surface area contributed by atoms with Gasteiger partial charge in [0.25, 0.3) is 0 Å². The van der Waals surface area contributed by atoms with Crippen LogP contribution in [0.4, 0.5) is 5.69 Å². The maximum atomic E-state index is 11.4. The van der Waals surface area contributed by atoms with Crippen molar-refractivity contribution >= 4 is 17.9 Å². The molecule has 1 heterocycles. The van der Waals surface area contributed by atoms with Gasteiger partial charge >= 0.3 is 5.97 Å². The molecule has 0 aliphatic carbocycles. The van der Waals surface area contributed by atoms with Crippen LogP contribution in [0.5, 0.6) is 0 Å². The summed E-state index contributed by atoms with van der Waals surface area (Å²) in [5.74, 6) is -0.344. The van der Waals surface area contributed by atoms with E-state index < -0.39 is 0 Å². The lowest BCUT2D eigenvalue weighted by molar-refractivity contribution is 0.0600. The number of hydrogen-bond donors (Lipinski definition) is 0. The molecule has 114 valence electrons. The molecule has 0 fully saturated rings. The number of ether oxygens (including phenoxy) is 1. The molecule has 0 unspecified atom stereocenters. The molecule has 0 spiro atoms. The number of rotatable bonds is 4. The Hall–Kier alpha value is -3.21.